The summed E-state index contributed by atoms with van der Waals surface area (Å²) in [5, 5.41) is 22.4. The normalized spacial score (nSPS) is 13.6. The number of hydrogen-bond donors (Lipinski definition) is 1. The summed E-state index contributed by atoms with van der Waals surface area (Å²) in [6.45, 7) is 0. The van der Waals surface area contributed by atoms with Gasteiger partial charge in [0, 0.05) is 22.0 Å². The maximum atomic E-state index is 5.71. The van der Waals surface area contributed by atoms with Crippen molar-refractivity contribution < 1.29 is 0 Å². The van der Waals surface area contributed by atoms with Gasteiger partial charge in [0.05, 0.1) is 22.6 Å². The summed E-state index contributed by atoms with van der Waals surface area (Å²) >= 11 is 0. The summed E-state index contributed by atoms with van der Waals surface area (Å²) in [6.07, 6.45) is -0.0562. The molecule has 3 nitrogen and oxygen atoms in total. The molecule has 0 radical (unpaired) electrons. The molecule has 1 atom stereocenters. The third-order valence-corrected chi connectivity index (χ3v) is 15.2. The number of aromatic nitrogens is 1. The molecule has 15 rings (SSSR count). The highest BCUT2D eigenvalue weighted by Gasteiger charge is 2.31. The van der Waals surface area contributed by atoms with Gasteiger partial charge in [-0.15, -0.1) is 0 Å². The van der Waals surface area contributed by atoms with Gasteiger partial charge in [-0.1, -0.05) is 200 Å². The Balaban J connectivity index is 0.959. The van der Waals surface area contributed by atoms with Gasteiger partial charge in [-0.3, -0.25) is 0 Å². The predicted molar refractivity (Wildman–Crippen MR) is 302 cm³/mol. The Labute approximate surface area is 410 Å². The van der Waals surface area contributed by atoms with E-state index in [2.05, 4.69) is 259 Å². The molecule has 0 saturated heterocycles. The zero-order chi connectivity index (χ0) is 46.6. The number of fused-ring (bicyclic) bond motifs is 16. The molecular formula is C68H43N3. The smallest absolute Gasteiger partial charge is 0.130 e. The largest absolute Gasteiger partial charge is 0.359 e. The van der Waals surface area contributed by atoms with E-state index in [9.17, 15) is 0 Å². The first kappa shape index (κ1) is 39.7. The van der Waals surface area contributed by atoms with Crippen LogP contribution in [0.1, 0.15) is 11.7 Å². The first-order chi connectivity index (χ1) is 35.2. The predicted octanol–water partition coefficient (Wildman–Crippen LogP) is 18.6. The van der Waals surface area contributed by atoms with E-state index in [1.54, 1.807) is 0 Å². The molecule has 14 aromatic rings. The number of hydrogen-bond acceptors (Lipinski definition) is 3. The van der Waals surface area contributed by atoms with Crippen molar-refractivity contribution in [2.45, 2.75) is 6.17 Å². The second-order valence-electron chi connectivity index (χ2n) is 19.0. The maximum absolute atomic E-state index is 5.71. The van der Waals surface area contributed by atoms with Crippen LogP contribution in [-0.4, -0.2) is 4.98 Å². The van der Waals surface area contributed by atoms with E-state index in [-0.39, 0.29) is 6.17 Å². The lowest BCUT2D eigenvalue weighted by Crippen LogP contribution is -2.23. The van der Waals surface area contributed by atoms with Gasteiger partial charge in [0.15, 0.2) is 0 Å². The number of anilines is 3. The number of nitrogens with zero attached hydrogens (tertiary/aromatic N) is 2. The van der Waals surface area contributed by atoms with Crippen LogP contribution < -0.4 is 10.2 Å². The van der Waals surface area contributed by atoms with E-state index < -0.39 is 0 Å². The topological polar surface area (TPSA) is 28.2 Å². The van der Waals surface area contributed by atoms with Gasteiger partial charge >= 0.3 is 0 Å². The molecule has 1 N–H and O–H groups in total. The Morgan fingerprint density at radius 3 is 1.34 bits per heavy atom. The van der Waals surface area contributed by atoms with E-state index in [0.717, 1.165) is 55.6 Å². The van der Waals surface area contributed by atoms with Crippen LogP contribution >= 0.6 is 0 Å². The highest BCUT2D eigenvalue weighted by molar-refractivity contribution is 6.27. The fraction of sp³-hybridized carbons (Fsp3) is 0.0147. The van der Waals surface area contributed by atoms with Gasteiger partial charge in [0.1, 0.15) is 6.17 Å². The Morgan fingerprint density at radius 2 is 0.746 bits per heavy atom. The van der Waals surface area contributed by atoms with Crippen LogP contribution in [0, 0.1) is 0 Å². The standard InChI is InChI=1S/C68H43N3/c1-2-16-46(17-3-1)71-66-29-15-14-28-64(66)70-68(71)43-32-30-42(31-33-43)59-40-63-60(44-34-36-56-51-22-6-4-18-47(51)49-20-8-10-24-53(49)61(56)38-44)41-65(69-67(63)58-27-13-12-26-55(58)59)45-35-37-57-52-23-7-5-19-48(52)50-21-9-11-25-54(50)62(57)39-45/h1-41,68,70H. The molecule has 0 aliphatic carbocycles. The average Bonchev–Trinajstić information content (AvgIpc) is 3.85. The van der Waals surface area contributed by atoms with Crippen molar-refractivity contribution in [3.8, 4) is 33.5 Å². The summed E-state index contributed by atoms with van der Waals surface area (Å²) in [5.74, 6) is 0. The minimum absolute atomic E-state index is 0.0562. The van der Waals surface area contributed by atoms with Crippen LogP contribution in [0.3, 0.4) is 0 Å². The zero-order valence-electron chi connectivity index (χ0n) is 38.6. The summed E-state index contributed by atoms with van der Waals surface area (Å²) < 4.78 is 0. The summed E-state index contributed by atoms with van der Waals surface area (Å²) in [4.78, 5) is 8.11. The monoisotopic (exact) mass is 901 g/mol. The molecule has 3 heteroatoms. The molecule has 13 aromatic carbocycles. The molecular weight excluding hydrogens is 859 g/mol. The third-order valence-electron chi connectivity index (χ3n) is 15.2. The van der Waals surface area contributed by atoms with Gasteiger partial charge < -0.3 is 10.2 Å². The second-order valence-corrected chi connectivity index (χ2v) is 19.0. The molecule has 2 heterocycles. The Bertz CT molecular complexity index is 4430. The van der Waals surface area contributed by atoms with E-state index in [4.69, 9.17) is 4.98 Å². The molecule has 0 spiro atoms. The van der Waals surface area contributed by atoms with Crippen LogP contribution in [0.15, 0.2) is 249 Å². The number of rotatable bonds is 5. The van der Waals surface area contributed by atoms with Gasteiger partial charge in [-0.25, -0.2) is 4.98 Å². The molecule has 1 aliphatic heterocycles. The van der Waals surface area contributed by atoms with Crippen molar-refractivity contribution in [3.63, 3.8) is 0 Å². The van der Waals surface area contributed by atoms with Crippen LogP contribution in [-0.2, 0) is 0 Å². The number of para-hydroxylation sites is 3. The molecule has 71 heavy (non-hydrogen) atoms. The molecule has 330 valence electrons. The van der Waals surface area contributed by atoms with Gasteiger partial charge in [-0.05, 0) is 146 Å². The lowest BCUT2D eigenvalue weighted by Gasteiger charge is -2.27. The fourth-order valence-electron chi connectivity index (χ4n) is 11.9. The average molecular weight is 902 g/mol. The molecule has 0 fully saturated rings. The molecule has 1 unspecified atom stereocenters. The van der Waals surface area contributed by atoms with Gasteiger partial charge in [0.25, 0.3) is 0 Å². The van der Waals surface area contributed by atoms with Crippen molar-refractivity contribution in [2.24, 2.45) is 0 Å². The molecule has 1 aromatic heterocycles. The van der Waals surface area contributed by atoms with Crippen molar-refractivity contribution in [3.05, 3.63) is 254 Å². The number of pyridine rings is 1. The van der Waals surface area contributed by atoms with Crippen molar-refractivity contribution in [1.82, 2.24) is 4.98 Å². The van der Waals surface area contributed by atoms with Crippen molar-refractivity contribution >= 4 is 103 Å². The fourth-order valence-corrected chi connectivity index (χ4v) is 11.9. The summed E-state index contributed by atoms with van der Waals surface area (Å²) in [6, 6.07) is 91.4. The van der Waals surface area contributed by atoms with E-state index >= 15 is 0 Å². The SMILES string of the molecule is c1ccc(N2c3ccccc3NC2c2ccc(-c3cc4c(-c5ccc6c7ccccc7c7ccccc7c6c5)cc(-c5ccc6c7ccccc7c7ccccc7c6c5)nc4c4ccccc34)cc2)cc1. The Hall–Kier alpha value is -9.31. The lowest BCUT2D eigenvalue weighted by atomic mass is 9.88. The van der Waals surface area contributed by atoms with Crippen LogP contribution in [0.2, 0.25) is 0 Å². The third kappa shape index (κ3) is 6.13. The molecule has 1 aliphatic rings. The number of nitrogens with one attached hydrogen (secondary N) is 1. The number of benzene rings is 13. The van der Waals surface area contributed by atoms with E-state index in [1.807, 2.05) is 0 Å². The minimum Gasteiger partial charge on any atom is -0.359 e. The minimum atomic E-state index is -0.0562. The second kappa shape index (κ2) is 15.6. The zero-order valence-corrected chi connectivity index (χ0v) is 38.6. The lowest BCUT2D eigenvalue weighted by molar-refractivity contribution is 0.828. The Morgan fingerprint density at radius 1 is 0.310 bits per heavy atom. The Kier molecular flexibility index (Phi) is 8.72. The van der Waals surface area contributed by atoms with Crippen LogP contribution in [0.5, 0.6) is 0 Å². The summed E-state index contributed by atoms with van der Waals surface area (Å²) in [7, 11) is 0. The van der Waals surface area contributed by atoms with E-state index in [0.29, 0.717) is 0 Å². The highest BCUT2D eigenvalue weighted by Crippen LogP contribution is 2.48. The molecule has 0 bridgehead atoms. The maximum Gasteiger partial charge on any atom is 0.130 e. The van der Waals surface area contributed by atoms with Crippen molar-refractivity contribution in [2.75, 3.05) is 10.2 Å². The highest BCUT2D eigenvalue weighted by atomic mass is 15.3. The summed E-state index contributed by atoms with van der Waals surface area (Å²) in [5.41, 5.74) is 12.3. The first-order valence-electron chi connectivity index (χ1n) is 24.6. The van der Waals surface area contributed by atoms with Gasteiger partial charge in [-0.2, -0.15) is 0 Å². The van der Waals surface area contributed by atoms with Crippen LogP contribution in [0.4, 0.5) is 17.1 Å². The van der Waals surface area contributed by atoms with Gasteiger partial charge in [0.2, 0.25) is 0 Å². The quantitative estimate of drug-likeness (QED) is 0.174. The van der Waals surface area contributed by atoms with Crippen LogP contribution in [0.25, 0.3) is 120 Å². The molecule has 0 saturated carbocycles. The van der Waals surface area contributed by atoms with E-state index in [1.165, 1.54) is 86.8 Å². The molecule has 0 amide bonds. The van der Waals surface area contributed by atoms with Crippen molar-refractivity contribution in [1.29, 1.82) is 0 Å². The first-order valence-corrected chi connectivity index (χ1v) is 24.6.